The molecular weight excluding hydrogens is 335 g/mol. The van der Waals surface area contributed by atoms with E-state index < -0.39 is 12.3 Å². The predicted octanol–water partition coefficient (Wildman–Crippen LogP) is 4.17. The van der Waals surface area contributed by atoms with Crippen molar-refractivity contribution in [3.63, 3.8) is 0 Å². The SMILES string of the molecule is Cc1cc(NC(=O)N(C)C)cnc1O[C@@H](c1ccccc1)C(F)(F)F. The summed E-state index contributed by atoms with van der Waals surface area (Å²) in [5.74, 6) is -0.144. The Morgan fingerprint density at radius 1 is 1.24 bits per heavy atom. The molecule has 0 fully saturated rings. The number of halogens is 3. The number of anilines is 1. The molecule has 1 aromatic carbocycles. The Kier molecular flexibility index (Phi) is 5.51. The van der Waals surface area contributed by atoms with Crippen molar-refractivity contribution in [3.05, 3.63) is 53.7 Å². The van der Waals surface area contributed by atoms with Crippen LogP contribution < -0.4 is 10.1 Å². The number of hydrogen-bond donors (Lipinski definition) is 1. The number of aromatic nitrogens is 1. The van der Waals surface area contributed by atoms with E-state index in [2.05, 4.69) is 10.3 Å². The zero-order valence-corrected chi connectivity index (χ0v) is 14.0. The van der Waals surface area contributed by atoms with Gasteiger partial charge in [0.15, 0.2) is 0 Å². The van der Waals surface area contributed by atoms with Crippen molar-refractivity contribution in [1.29, 1.82) is 0 Å². The topological polar surface area (TPSA) is 54.5 Å². The van der Waals surface area contributed by atoms with E-state index in [1.165, 1.54) is 41.4 Å². The number of nitrogens with one attached hydrogen (secondary N) is 1. The molecule has 0 saturated heterocycles. The summed E-state index contributed by atoms with van der Waals surface area (Å²) in [6, 6.07) is 8.48. The van der Waals surface area contributed by atoms with Gasteiger partial charge in [0.05, 0.1) is 11.9 Å². The van der Waals surface area contributed by atoms with Crippen molar-refractivity contribution in [2.24, 2.45) is 0 Å². The average molecular weight is 353 g/mol. The Hall–Kier alpha value is -2.77. The summed E-state index contributed by atoms with van der Waals surface area (Å²) in [7, 11) is 3.14. The number of ether oxygens (including phenoxy) is 1. The maximum absolute atomic E-state index is 13.3. The van der Waals surface area contributed by atoms with Crippen molar-refractivity contribution in [2.45, 2.75) is 19.2 Å². The fourth-order valence-corrected chi connectivity index (χ4v) is 2.05. The smallest absolute Gasteiger partial charge is 0.429 e. The molecule has 0 unspecified atom stereocenters. The summed E-state index contributed by atoms with van der Waals surface area (Å²) in [4.78, 5) is 16.9. The Balaban J connectivity index is 2.24. The normalized spacial score (nSPS) is 12.4. The third-order valence-corrected chi connectivity index (χ3v) is 3.32. The summed E-state index contributed by atoms with van der Waals surface area (Å²) in [6.07, 6.45) is -5.46. The van der Waals surface area contributed by atoms with Crippen molar-refractivity contribution in [2.75, 3.05) is 19.4 Å². The van der Waals surface area contributed by atoms with Crippen molar-refractivity contribution in [1.82, 2.24) is 9.88 Å². The molecule has 5 nitrogen and oxygen atoms in total. The van der Waals surface area contributed by atoms with Crippen LogP contribution in [0.2, 0.25) is 0 Å². The lowest BCUT2D eigenvalue weighted by atomic mass is 10.1. The van der Waals surface area contributed by atoms with Gasteiger partial charge in [-0.2, -0.15) is 13.2 Å². The van der Waals surface area contributed by atoms with E-state index >= 15 is 0 Å². The number of alkyl halides is 3. The summed E-state index contributed by atoms with van der Waals surface area (Å²) in [5.41, 5.74) is 0.731. The maximum atomic E-state index is 13.3. The predicted molar refractivity (Wildman–Crippen MR) is 87.5 cm³/mol. The van der Waals surface area contributed by atoms with Crippen molar-refractivity contribution >= 4 is 11.7 Å². The fraction of sp³-hybridized carbons (Fsp3) is 0.294. The number of nitrogens with zero attached hydrogens (tertiary/aromatic N) is 2. The van der Waals surface area contributed by atoms with Crippen LogP contribution in [0.15, 0.2) is 42.6 Å². The molecule has 2 amide bonds. The van der Waals surface area contributed by atoms with E-state index in [-0.39, 0.29) is 17.5 Å². The minimum absolute atomic E-state index is 0.0128. The number of carbonyl (C=O) groups excluding carboxylic acids is 1. The zero-order valence-electron chi connectivity index (χ0n) is 14.0. The number of carbonyl (C=O) groups is 1. The lowest BCUT2D eigenvalue weighted by molar-refractivity contribution is -0.198. The van der Waals surface area contributed by atoms with Crippen LogP contribution in [0.5, 0.6) is 5.88 Å². The summed E-state index contributed by atoms with van der Waals surface area (Å²) in [5, 5.41) is 2.57. The van der Waals surface area contributed by atoms with Crippen LogP contribution >= 0.6 is 0 Å². The van der Waals surface area contributed by atoms with Gasteiger partial charge in [0, 0.05) is 25.2 Å². The number of benzene rings is 1. The molecule has 0 aliphatic heterocycles. The summed E-state index contributed by atoms with van der Waals surface area (Å²) < 4.78 is 45.2. The Morgan fingerprint density at radius 3 is 2.40 bits per heavy atom. The highest BCUT2D eigenvalue weighted by Gasteiger charge is 2.43. The molecule has 1 aromatic heterocycles. The van der Waals surface area contributed by atoms with Gasteiger partial charge in [-0.15, -0.1) is 0 Å². The zero-order chi connectivity index (χ0) is 18.6. The summed E-state index contributed by atoms with van der Waals surface area (Å²) >= 11 is 0. The van der Waals surface area contributed by atoms with Crippen LogP contribution in [-0.2, 0) is 0 Å². The number of aryl methyl sites for hydroxylation is 1. The van der Waals surface area contributed by atoms with E-state index in [0.717, 1.165) is 0 Å². The van der Waals surface area contributed by atoms with Gasteiger partial charge in [-0.05, 0) is 13.0 Å². The van der Waals surface area contributed by atoms with Crippen LogP contribution in [0.4, 0.5) is 23.7 Å². The molecule has 2 rings (SSSR count). The van der Waals surface area contributed by atoms with Crippen molar-refractivity contribution in [3.8, 4) is 5.88 Å². The first-order valence-electron chi connectivity index (χ1n) is 7.41. The quantitative estimate of drug-likeness (QED) is 0.898. The molecule has 25 heavy (non-hydrogen) atoms. The molecule has 0 aliphatic carbocycles. The Bertz CT molecular complexity index is 734. The number of rotatable bonds is 4. The van der Waals surface area contributed by atoms with Gasteiger partial charge in [-0.3, -0.25) is 0 Å². The van der Waals surface area contributed by atoms with Gasteiger partial charge in [-0.1, -0.05) is 30.3 Å². The average Bonchev–Trinajstić information content (AvgIpc) is 2.53. The van der Waals surface area contributed by atoms with Gasteiger partial charge in [0.2, 0.25) is 12.0 Å². The number of amides is 2. The molecule has 2 aromatic rings. The van der Waals surface area contributed by atoms with E-state index in [0.29, 0.717) is 11.3 Å². The highest BCUT2D eigenvalue weighted by atomic mass is 19.4. The third-order valence-electron chi connectivity index (χ3n) is 3.32. The number of pyridine rings is 1. The van der Waals surface area contributed by atoms with Gasteiger partial charge < -0.3 is 15.0 Å². The second kappa shape index (κ2) is 7.42. The van der Waals surface area contributed by atoms with Crippen LogP contribution in [0.3, 0.4) is 0 Å². The lowest BCUT2D eigenvalue weighted by Crippen LogP contribution is -2.28. The van der Waals surface area contributed by atoms with E-state index in [1.54, 1.807) is 27.1 Å². The van der Waals surface area contributed by atoms with Gasteiger partial charge >= 0.3 is 12.2 Å². The highest BCUT2D eigenvalue weighted by Crippen LogP contribution is 2.37. The van der Waals surface area contributed by atoms with E-state index in [9.17, 15) is 18.0 Å². The number of hydrogen-bond acceptors (Lipinski definition) is 3. The largest absolute Gasteiger partial charge is 0.460 e. The standard InChI is InChI=1S/C17H18F3N3O2/c1-11-9-13(22-16(24)23(2)3)10-21-15(11)25-14(17(18,19)20)12-7-5-4-6-8-12/h4-10,14H,1-3H3,(H,22,24)/t14-/m0/s1. The maximum Gasteiger partial charge on any atom is 0.429 e. The van der Waals surface area contributed by atoms with Crippen LogP contribution in [0, 0.1) is 6.92 Å². The first kappa shape index (κ1) is 18.6. The molecule has 0 radical (unpaired) electrons. The second-order valence-corrected chi connectivity index (χ2v) is 5.62. The number of urea groups is 1. The fourth-order valence-electron chi connectivity index (χ4n) is 2.05. The molecule has 1 atom stereocenters. The molecule has 0 saturated carbocycles. The van der Waals surface area contributed by atoms with E-state index in [1.807, 2.05) is 0 Å². The minimum atomic E-state index is -4.59. The first-order valence-corrected chi connectivity index (χ1v) is 7.41. The molecule has 134 valence electrons. The Labute approximate surface area is 143 Å². The molecule has 1 heterocycles. The molecule has 0 bridgehead atoms. The second-order valence-electron chi connectivity index (χ2n) is 5.62. The van der Waals surface area contributed by atoms with Crippen LogP contribution in [0.1, 0.15) is 17.2 Å². The molecule has 8 heteroatoms. The van der Waals surface area contributed by atoms with Gasteiger partial charge in [0.1, 0.15) is 0 Å². The molecular formula is C17H18F3N3O2. The lowest BCUT2D eigenvalue weighted by Gasteiger charge is -2.22. The third kappa shape index (κ3) is 4.85. The van der Waals surface area contributed by atoms with Crippen LogP contribution in [-0.4, -0.2) is 36.2 Å². The van der Waals surface area contributed by atoms with Crippen LogP contribution in [0.25, 0.3) is 0 Å². The van der Waals surface area contributed by atoms with Gasteiger partial charge in [0.25, 0.3) is 0 Å². The first-order chi connectivity index (χ1) is 11.7. The molecule has 0 aliphatic rings. The van der Waals surface area contributed by atoms with Gasteiger partial charge in [-0.25, -0.2) is 9.78 Å². The van der Waals surface area contributed by atoms with Crippen molar-refractivity contribution < 1.29 is 22.7 Å². The molecule has 0 spiro atoms. The molecule has 1 N–H and O–H groups in total. The summed E-state index contributed by atoms with van der Waals surface area (Å²) in [6.45, 7) is 1.56. The van der Waals surface area contributed by atoms with E-state index in [4.69, 9.17) is 4.74 Å². The Morgan fingerprint density at radius 2 is 1.88 bits per heavy atom. The highest BCUT2D eigenvalue weighted by molar-refractivity contribution is 5.88. The minimum Gasteiger partial charge on any atom is -0.460 e. The monoisotopic (exact) mass is 353 g/mol.